The van der Waals surface area contributed by atoms with E-state index >= 15 is 0 Å². The molecule has 4 N–H and O–H groups in total. The van der Waals surface area contributed by atoms with Gasteiger partial charge < -0.3 is 11.5 Å². The number of nitrogens with zero attached hydrogens (tertiary/aromatic N) is 2. The summed E-state index contributed by atoms with van der Waals surface area (Å²) in [5, 5.41) is 4.53. The molecule has 1 aromatic heterocycles. The topological polar surface area (TPSA) is 86.9 Å². The van der Waals surface area contributed by atoms with Crippen molar-refractivity contribution in [2.24, 2.45) is 11.5 Å². The molecule has 78 valence electrons. The number of hydrogen-bond donors (Lipinski definition) is 2. The van der Waals surface area contributed by atoms with Gasteiger partial charge in [-0.15, -0.1) is 0 Å². The van der Waals surface area contributed by atoms with Crippen molar-refractivity contribution < 1.29 is 4.79 Å². The second-order valence-corrected chi connectivity index (χ2v) is 3.92. The number of halogens is 1. The molecule has 1 heterocycles. The first-order valence-corrected chi connectivity index (χ1v) is 4.49. The lowest BCUT2D eigenvalue weighted by molar-refractivity contribution is -0.123. The number of carbonyl (C=O) groups is 1. The Labute approximate surface area is 87.0 Å². The summed E-state index contributed by atoms with van der Waals surface area (Å²) in [7, 11) is 0. The van der Waals surface area contributed by atoms with E-state index < -0.39 is 11.4 Å². The Hall–Kier alpha value is -1.07. The molecule has 0 saturated heterocycles. The van der Waals surface area contributed by atoms with Gasteiger partial charge in [0.05, 0.1) is 23.5 Å². The minimum Gasteiger partial charge on any atom is -0.368 e. The van der Waals surface area contributed by atoms with E-state index in [4.69, 9.17) is 23.1 Å². The molecule has 1 atom stereocenters. The van der Waals surface area contributed by atoms with Gasteiger partial charge in [0.25, 0.3) is 0 Å². The molecule has 0 radical (unpaired) electrons. The van der Waals surface area contributed by atoms with E-state index in [1.54, 1.807) is 18.5 Å². The number of aromatic nitrogens is 2. The number of hydrogen-bond acceptors (Lipinski definition) is 3. The van der Waals surface area contributed by atoms with Crippen LogP contribution in [0.1, 0.15) is 12.6 Å². The van der Waals surface area contributed by atoms with Crippen molar-refractivity contribution in [3.63, 3.8) is 0 Å². The molecular formula is C8H13ClN4O. The molecule has 0 saturated carbocycles. The summed E-state index contributed by atoms with van der Waals surface area (Å²) in [5.41, 5.74) is 10.5. The van der Waals surface area contributed by atoms with Crippen LogP contribution in [0.2, 0.25) is 5.02 Å². The van der Waals surface area contributed by atoms with Crippen LogP contribution in [-0.4, -0.2) is 21.2 Å². The molecule has 0 aromatic carbocycles. The number of nitrogens with two attached hydrogens (primary N) is 2. The summed E-state index contributed by atoms with van der Waals surface area (Å²) in [6.45, 7) is 3.58. The molecule has 6 heteroatoms. The Morgan fingerprint density at radius 2 is 2.36 bits per heavy atom. The zero-order valence-electron chi connectivity index (χ0n) is 8.12. The fraction of sp³-hybridized carbons (Fsp3) is 0.500. The van der Waals surface area contributed by atoms with E-state index in [2.05, 4.69) is 5.10 Å². The minimum absolute atomic E-state index is 0.223. The highest BCUT2D eigenvalue weighted by Gasteiger charge is 2.27. The summed E-state index contributed by atoms with van der Waals surface area (Å²) >= 11 is 5.80. The van der Waals surface area contributed by atoms with Crippen LogP contribution in [0.5, 0.6) is 0 Å². The molecule has 1 unspecified atom stereocenters. The lowest BCUT2D eigenvalue weighted by Gasteiger charge is -2.20. The summed E-state index contributed by atoms with van der Waals surface area (Å²) in [6.07, 6.45) is 1.51. The minimum atomic E-state index is -1.11. The van der Waals surface area contributed by atoms with Crippen LogP contribution in [0.3, 0.4) is 0 Å². The molecule has 0 aliphatic heterocycles. The molecule has 0 aliphatic rings. The van der Waals surface area contributed by atoms with Crippen molar-refractivity contribution in [1.82, 2.24) is 9.78 Å². The monoisotopic (exact) mass is 216 g/mol. The third-order valence-corrected chi connectivity index (χ3v) is 2.46. The molecule has 0 aliphatic carbocycles. The molecule has 1 rings (SSSR count). The van der Waals surface area contributed by atoms with Crippen molar-refractivity contribution in [1.29, 1.82) is 0 Å². The maximum Gasteiger partial charge on any atom is 0.239 e. The van der Waals surface area contributed by atoms with Gasteiger partial charge in [-0.2, -0.15) is 5.10 Å². The summed E-state index contributed by atoms with van der Waals surface area (Å²) in [5.74, 6) is -0.566. The summed E-state index contributed by atoms with van der Waals surface area (Å²) in [6, 6.07) is 0. The van der Waals surface area contributed by atoms with E-state index in [0.29, 0.717) is 5.02 Å². The van der Waals surface area contributed by atoms with Gasteiger partial charge in [0.1, 0.15) is 5.54 Å². The zero-order chi connectivity index (χ0) is 10.9. The van der Waals surface area contributed by atoms with Crippen molar-refractivity contribution in [2.75, 3.05) is 0 Å². The average molecular weight is 217 g/mol. The van der Waals surface area contributed by atoms with E-state index in [0.717, 1.165) is 5.69 Å². The van der Waals surface area contributed by atoms with Gasteiger partial charge in [-0.1, -0.05) is 11.6 Å². The Balaban J connectivity index is 2.89. The predicted molar refractivity (Wildman–Crippen MR) is 53.8 cm³/mol. The SMILES string of the molecule is Cc1c(Cl)cnn1CC(C)(N)C(N)=O. The first-order chi connectivity index (χ1) is 6.34. The van der Waals surface area contributed by atoms with Crippen LogP contribution in [-0.2, 0) is 11.3 Å². The van der Waals surface area contributed by atoms with Crippen molar-refractivity contribution in [3.8, 4) is 0 Å². The zero-order valence-corrected chi connectivity index (χ0v) is 8.88. The number of carbonyl (C=O) groups excluding carboxylic acids is 1. The third kappa shape index (κ3) is 2.05. The highest BCUT2D eigenvalue weighted by molar-refractivity contribution is 6.31. The maximum absolute atomic E-state index is 11.0. The van der Waals surface area contributed by atoms with Crippen LogP contribution in [0.4, 0.5) is 0 Å². The van der Waals surface area contributed by atoms with Crippen LogP contribution >= 0.6 is 11.6 Å². The Morgan fingerprint density at radius 1 is 1.79 bits per heavy atom. The third-order valence-electron chi connectivity index (χ3n) is 2.08. The average Bonchev–Trinajstić information content (AvgIpc) is 2.35. The molecule has 1 aromatic rings. The molecule has 1 amide bonds. The second kappa shape index (κ2) is 3.59. The quantitative estimate of drug-likeness (QED) is 0.749. The first-order valence-electron chi connectivity index (χ1n) is 4.11. The van der Waals surface area contributed by atoms with Crippen LogP contribution in [0.15, 0.2) is 6.20 Å². The van der Waals surface area contributed by atoms with E-state index in [-0.39, 0.29) is 6.54 Å². The predicted octanol–water partition coefficient (Wildman–Crippen LogP) is 0.0476. The van der Waals surface area contributed by atoms with Gasteiger partial charge in [-0.05, 0) is 13.8 Å². The van der Waals surface area contributed by atoms with Gasteiger partial charge in [0.2, 0.25) is 5.91 Å². The number of amides is 1. The lowest BCUT2D eigenvalue weighted by atomic mass is 10.0. The van der Waals surface area contributed by atoms with Crippen molar-refractivity contribution in [3.05, 3.63) is 16.9 Å². The van der Waals surface area contributed by atoms with E-state index in [9.17, 15) is 4.79 Å². The number of primary amides is 1. The first kappa shape index (κ1) is 11.0. The fourth-order valence-corrected chi connectivity index (χ4v) is 1.11. The van der Waals surface area contributed by atoms with Crippen molar-refractivity contribution in [2.45, 2.75) is 25.9 Å². The van der Waals surface area contributed by atoms with Gasteiger partial charge in [0, 0.05) is 0 Å². The Morgan fingerprint density at radius 3 is 2.71 bits per heavy atom. The molecule has 14 heavy (non-hydrogen) atoms. The number of rotatable bonds is 3. The smallest absolute Gasteiger partial charge is 0.239 e. The van der Waals surface area contributed by atoms with E-state index in [1.807, 2.05) is 0 Å². The summed E-state index contributed by atoms with van der Waals surface area (Å²) in [4.78, 5) is 11.0. The standard InChI is InChI=1S/C8H13ClN4O/c1-5-6(9)3-12-13(5)4-8(2,11)7(10)14/h3H,4,11H2,1-2H3,(H2,10,14). The molecule has 0 bridgehead atoms. The van der Waals surface area contributed by atoms with Gasteiger partial charge >= 0.3 is 0 Å². The van der Waals surface area contributed by atoms with Gasteiger partial charge in [-0.3, -0.25) is 9.48 Å². The molecule has 0 fully saturated rings. The lowest BCUT2D eigenvalue weighted by Crippen LogP contribution is -2.52. The second-order valence-electron chi connectivity index (χ2n) is 3.52. The molecule has 5 nitrogen and oxygen atoms in total. The molecule has 0 spiro atoms. The van der Waals surface area contributed by atoms with Gasteiger partial charge in [0.15, 0.2) is 0 Å². The largest absolute Gasteiger partial charge is 0.368 e. The van der Waals surface area contributed by atoms with E-state index in [1.165, 1.54) is 6.20 Å². The van der Waals surface area contributed by atoms with Crippen LogP contribution in [0.25, 0.3) is 0 Å². The highest BCUT2D eigenvalue weighted by atomic mass is 35.5. The maximum atomic E-state index is 11.0. The van der Waals surface area contributed by atoms with Crippen molar-refractivity contribution >= 4 is 17.5 Å². The fourth-order valence-electron chi connectivity index (χ4n) is 0.972. The molecular weight excluding hydrogens is 204 g/mol. The van der Waals surface area contributed by atoms with Crippen LogP contribution in [0, 0.1) is 6.92 Å². The Bertz CT molecular complexity index is 358. The summed E-state index contributed by atoms with van der Waals surface area (Å²) < 4.78 is 1.56. The normalized spacial score (nSPS) is 15.1. The van der Waals surface area contributed by atoms with Crippen LogP contribution < -0.4 is 11.5 Å². The Kier molecular flexibility index (Phi) is 2.82. The highest BCUT2D eigenvalue weighted by Crippen LogP contribution is 2.15. The van der Waals surface area contributed by atoms with Gasteiger partial charge in [-0.25, -0.2) is 0 Å².